The number of para-hydroxylation sites is 1. The Morgan fingerprint density at radius 2 is 1.92 bits per heavy atom. The highest BCUT2D eigenvalue weighted by Crippen LogP contribution is 2.12. The Balaban J connectivity index is 1.39. The average Bonchev–Trinajstić information content (AvgIpc) is 3.34. The molecule has 2 aromatic heterocycles. The summed E-state index contributed by atoms with van der Waals surface area (Å²) in [6.07, 6.45) is 1.77. The predicted molar refractivity (Wildman–Crippen MR) is 103 cm³/mol. The summed E-state index contributed by atoms with van der Waals surface area (Å²) in [5.74, 6) is 0.143. The van der Waals surface area contributed by atoms with E-state index in [4.69, 9.17) is 12.2 Å². The lowest BCUT2D eigenvalue weighted by Gasteiger charge is -2.31. The van der Waals surface area contributed by atoms with Crippen molar-refractivity contribution in [2.24, 2.45) is 0 Å². The number of benzene rings is 1. The van der Waals surface area contributed by atoms with Crippen LogP contribution in [0.4, 0.5) is 0 Å². The molecule has 3 heterocycles. The van der Waals surface area contributed by atoms with E-state index < -0.39 is 0 Å². The predicted octanol–water partition coefficient (Wildman–Crippen LogP) is 1.46. The van der Waals surface area contributed by atoms with Crippen molar-refractivity contribution in [2.45, 2.75) is 6.67 Å². The van der Waals surface area contributed by atoms with E-state index in [1.54, 1.807) is 6.33 Å². The SMILES string of the molecule is O=C(c1cccs1)N1CC[NH+](Cn2ncn(-c3ccccc3)c2=S)CC1. The van der Waals surface area contributed by atoms with Gasteiger partial charge in [0, 0.05) is 5.69 Å². The van der Waals surface area contributed by atoms with Gasteiger partial charge in [-0.15, -0.1) is 11.3 Å². The normalized spacial score (nSPS) is 15.3. The number of hydrogen-bond donors (Lipinski definition) is 1. The number of rotatable bonds is 4. The van der Waals surface area contributed by atoms with Crippen molar-refractivity contribution < 1.29 is 9.69 Å². The van der Waals surface area contributed by atoms with Gasteiger partial charge in [0.2, 0.25) is 4.77 Å². The molecular weight excluding hydrogens is 366 g/mol. The number of aromatic nitrogens is 3. The molecular formula is C18H20N5OS2+. The molecule has 1 N–H and O–H groups in total. The van der Waals surface area contributed by atoms with E-state index in [0.29, 0.717) is 4.77 Å². The van der Waals surface area contributed by atoms with Gasteiger partial charge in [-0.05, 0) is 35.8 Å². The summed E-state index contributed by atoms with van der Waals surface area (Å²) >= 11 is 7.08. The van der Waals surface area contributed by atoms with Crippen LogP contribution in [-0.2, 0) is 6.67 Å². The van der Waals surface area contributed by atoms with Crippen molar-refractivity contribution in [2.75, 3.05) is 26.2 Å². The summed E-state index contributed by atoms with van der Waals surface area (Å²) in [4.78, 5) is 16.6. The molecule has 8 heteroatoms. The third-order valence-corrected chi connectivity index (χ3v) is 5.90. The lowest BCUT2D eigenvalue weighted by Crippen LogP contribution is -3.14. The van der Waals surface area contributed by atoms with Gasteiger partial charge in [0.05, 0.1) is 31.1 Å². The molecule has 1 amide bonds. The molecule has 0 unspecified atom stereocenters. The number of carbonyl (C=O) groups is 1. The molecule has 1 saturated heterocycles. The van der Waals surface area contributed by atoms with Crippen molar-refractivity contribution in [1.29, 1.82) is 0 Å². The zero-order chi connectivity index (χ0) is 17.9. The maximum Gasteiger partial charge on any atom is 0.264 e. The van der Waals surface area contributed by atoms with Gasteiger partial charge >= 0.3 is 0 Å². The van der Waals surface area contributed by atoms with Gasteiger partial charge in [0.25, 0.3) is 5.91 Å². The number of hydrogen-bond acceptors (Lipinski definition) is 4. The summed E-state index contributed by atoms with van der Waals surface area (Å²) < 4.78 is 4.49. The Kier molecular flexibility index (Phi) is 4.96. The molecule has 0 aliphatic carbocycles. The molecule has 6 nitrogen and oxygen atoms in total. The minimum absolute atomic E-state index is 0.143. The summed E-state index contributed by atoms with van der Waals surface area (Å²) in [7, 11) is 0. The van der Waals surface area contributed by atoms with E-state index in [1.807, 2.05) is 62.0 Å². The third-order valence-electron chi connectivity index (χ3n) is 4.63. The van der Waals surface area contributed by atoms with Crippen LogP contribution in [0.15, 0.2) is 54.2 Å². The first-order valence-corrected chi connectivity index (χ1v) is 9.87. The van der Waals surface area contributed by atoms with Gasteiger partial charge in [0.15, 0.2) is 6.67 Å². The van der Waals surface area contributed by atoms with Crippen LogP contribution in [-0.4, -0.2) is 51.3 Å². The van der Waals surface area contributed by atoms with E-state index in [2.05, 4.69) is 5.10 Å². The molecule has 3 aromatic rings. The van der Waals surface area contributed by atoms with Crippen LogP contribution in [0.5, 0.6) is 0 Å². The summed E-state index contributed by atoms with van der Waals surface area (Å²) in [5.41, 5.74) is 1.02. The first-order valence-electron chi connectivity index (χ1n) is 8.58. The number of thiophene rings is 1. The van der Waals surface area contributed by atoms with Crippen LogP contribution in [0, 0.1) is 4.77 Å². The van der Waals surface area contributed by atoms with Gasteiger partial charge in [-0.25, -0.2) is 0 Å². The Morgan fingerprint density at radius 1 is 1.15 bits per heavy atom. The minimum atomic E-state index is 0.143. The number of quaternary nitrogens is 1. The molecule has 0 spiro atoms. The fraction of sp³-hybridized carbons (Fsp3) is 0.278. The fourth-order valence-electron chi connectivity index (χ4n) is 3.16. The topological polar surface area (TPSA) is 47.5 Å². The van der Waals surface area contributed by atoms with Crippen LogP contribution < -0.4 is 4.90 Å². The number of piperazine rings is 1. The molecule has 0 radical (unpaired) electrons. The molecule has 1 fully saturated rings. The van der Waals surface area contributed by atoms with Crippen LogP contribution in [0.1, 0.15) is 9.67 Å². The van der Waals surface area contributed by atoms with Crippen LogP contribution >= 0.6 is 23.6 Å². The van der Waals surface area contributed by atoms with Crippen molar-refractivity contribution in [3.63, 3.8) is 0 Å². The lowest BCUT2D eigenvalue weighted by molar-refractivity contribution is -0.927. The van der Waals surface area contributed by atoms with E-state index in [1.165, 1.54) is 16.2 Å². The molecule has 26 heavy (non-hydrogen) atoms. The zero-order valence-electron chi connectivity index (χ0n) is 14.2. The molecule has 0 atom stereocenters. The highest BCUT2D eigenvalue weighted by molar-refractivity contribution is 7.71. The second-order valence-corrected chi connectivity index (χ2v) is 7.61. The van der Waals surface area contributed by atoms with Crippen molar-refractivity contribution in [3.05, 3.63) is 63.8 Å². The van der Waals surface area contributed by atoms with Crippen molar-refractivity contribution in [1.82, 2.24) is 19.2 Å². The highest BCUT2D eigenvalue weighted by atomic mass is 32.1. The monoisotopic (exact) mass is 386 g/mol. The first kappa shape index (κ1) is 17.1. The molecule has 4 rings (SSSR count). The Hall–Kier alpha value is -2.29. The first-order chi connectivity index (χ1) is 12.7. The Labute approximate surface area is 160 Å². The largest absolute Gasteiger partial charge is 0.327 e. The van der Waals surface area contributed by atoms with Gasteiger partial charge in [0.1, 0.15) is 6.33 Å². The average molecular weight is 387 g/mol. The second kappa shape index (κ2) is 7.53. The third kappa shape index (κ3) is 3.48. The highest BCUT2D eigenvalue weighted by Gasteiger charge is 2.25. The van der Waals surface area contributed by atoms with Crippen LogP contribution in [0.3, 0.4) is 0 Å². The Morgan fingerprint density at radius 3 is 2.62 bits per heavy atom. The van der Waals surface area contributed by atoms with Crippen LogP contribution in [0.2, 0.25) is 0 Å². The molecule has 0 bridgehead atoms. The standard InChI is InChI=1S/C18H19N5OS2/c24-17(16-7-4-12-26-16)21-10-8-20(9-11-21)14-23-18(25)22(13-19-23)15-5-2-1-3-6-15/h1-7,12-13H,8-11,14H2/p+1. The quantitative estimate of drug-likeness (QED) is 0.691. The Bertz CT molecular complexity index is 924. The molecule has 1 aliphatic heterocycles. The van der Waals surface area contributed by atoms with E-state index >= 15 is 0 Å². The second-order valence-electron chi connectivity index (χ2n) is 6.30. The lowest BCUT2D eigenvalue weighted by atomic mass is 10.3. The number of amides is 1. The maximum absolute atomic E-state index is 12.4. The van der Waals surface area contributed by atoms with E-state index in [-0.39, 0.29) is 5.91 Å². The fourth-order valence-corrected chi connectivity index (χ4v) is 4.12. The molecule has 0 saturated carbocycles. The number of nitrogens with one attached hydrogen (secondary N) is 1. The molecule has 1 aliphatic rings. The summed E-state index contributed by atoms with van der Waals surface area (Å²) in [5, 5.41) is 6.40. The zero-order valence-corrected chi connectivity index (χ0v) is 15.9. The summed E-state index contributed by atoms with van der Waals surface area (Å²) in [6, 6.07) is 13.8. The molecule has 134 valence electrons. The van der Waals surface area contributed by atoms with Crippen molar-refractivity contribution >= 4 is 29.5 Å². The summed E-state index contributed by atoms with van der Waals surface area (Å²) in [6.45, 7) is 4.05. The smallest absolute Gasteiger partial charge is 0.264 e. The number of carbonyl (C=O) groups excluding carboxylic acids is 1. The molecule has 1 aromatic carbocycles. The number of nitrogens with zero attached hydrogens (tertiary/aromatic N) is 4. The maximum atomic E-state index is 12.4. The van der Waals surface area contributed by atoms with Gasteiger partial charge < -0.3 is 9.80 Å². The van der Waals surface area contributed by atoms with Gasteiger partial charge in [-0.1, -0.05) is 24.3 Å². The van der Waals surface area contributed by atoms with E-state index in [0.717, 1.165) is 43.4 Å². The van der Waals surface area contributed by atoms with Gasteiger partial charge in [-0.2, -0.15) is 9.78 Å². The van der Waals surface area contributed by atoms with Crippen molar-refractivity contribution in [3.8, 4) is 5.69 Å². The van der Waals surface area contributed by atoms with Crippen LogP contribution in [0.25, 0.3) is 5.69 Å². The van der Waals surface area contributed by atoms with E-state index in [9.17, 15) is 4.79 Å². The van der Waals surface area contributed by atoms with Gasteiger partial charge in [-0.3, -0.25) is 9.36 Å². The minimum Gasteiger partial charge on any atom is -0.327 e.